The number of hydrogen-bond acceptors (Lipinski definition) is 5. The Bertz CT molecular complexity index is 1070. The molecule has 1 atom stereocenters. The van der Waals surface area contributed by atoms with E-state index in [1.165, 1.54) is 28.2 Å². The Morgan fingerprint density at radius 2 is 1.73 bits per heavy atom. The van der Waals surface area contributed by atoms with Crippen molar-refractivity contribution in [3.8, 4) is 0 Å². The molecular formula is C24H30FN3O3S2. The highest BCUT2D eigenvalue weighted by molar-refractivity contribution is 8.14. The molecule has 0 aromatic heterocycles. The molecule has 1 unspecified atom stereocenters. The summed E-state index contributed by atoms with van der Waals surface area (Å²) >= 11 is 1.47. The lowest BCUT2D eigenvalue weighted by Crippen LogP contribution is -2.32. The number of sulfonamides is 1. The zero-order chi connectivity index (χ0) is 23.8. The van der Waals surface area contributed by atoms with E-state index in [0.29, 0.717) is 30.4 Å². The van der Waals surface area contributed by atoms with Gasteiger partial charge in [-0.3, -0.25) is 9.79 Å². The van der Waals surface area contributed by atoms with Crippen LogP contribution in [0, 0.1) is 5.82 Å². The monoisotopic (exact) mass is 491 g/mol. The second kappa shape index (κ2) is 11.8. The molecule has 0 fully saturated rings. The Balaban J connectivity index is 1.53. The second-order valence-corrected chi connectivity index (χ2v) is 10.9. The topological polar surface area (TPSA) is 78.8 Å². The maximum absolute atomic E-state index is 13.1. The van der Waals surface area contributed by atoms with E-state index in [-0.39, 0.29) is 29.1 Å². The van der Waals surface area contributed by atoms with Crippen molar-refractivity contribution in [1.82, 2.24) is 9.62 Å². The van der Waals surface area contributed by atoms with Crippen LogP contribution in [0.5, 0.6) is 0 Å². The van der Waals surface area contributed by atoms with E-state index in [1.807, 2.05) is 13.8 Å². The van der Waals surface area contributed by atoms with Crippen molar-refractivity contribution in [1.29, 1.82) is 0 Å². The van der Waals surface area contributed by atoms with Gasteiger partial charge in [0, 0.05) is 25.3 Å². The van der Waals surface area contributed by atoms with Gasteiger partial charge in [-0.2, -0.15) is 4.31 Å². The number of aliphatic imine (C=N–C) groups is 1. The van der Waals surface area contributed by atoms with Crippen molar-refractivity contribution in [2.45, 2.75) is 50.5 Å². The van der Waals surface area contributed by atoms with E-state index in [4.69, 9.17) is 0 Å². The molecule has 9 heteroatoms. The Kier molecular flexibility index (Phi) is 9.05. The molecule has 6 nitrogen and oxygen atoms in total. The fourth-order valence-corrected chi connectivity index (χ4v) is 6.16. The minimum absolute atomic E-state index is 0.0969. The fourth-order valence-electron chi connectivity index (χ4n) is 3.57. The molecule has 3 rings (SSSR count). The number of carbonyl (C=O) groups is 1. The number of hydrogen-bond donors (Lipinski definition) is 1. The average molecular weight is 492 g/mol. The van der Waals surface area contributed by atoms with Crippen molar-refractivity contribution in [3.63, 3.8) is 0 Å². The molecule has 33 heavy (non-hydrogen) atoms. The molecule has 0 bridgehead atoms. The SMILES string of the molecule is CCCN(CCC)S(=O)(=O)c1ccc(CCC(=O)NC2=NC(c3ccc(F)cc3)CS2)cc1. The summed E-state index contributed by atoms with van der Waals surface area (Å²) in [6.07, 6.45) is 2.30. The Morgan fingerprint density at radius 3 is 2.33 bits per heavy atom. The van der Waals surface area contributed by atoms with Gasteiger partial charge in [0.2, 0.25) is 15.9 Å². The highest BCUT2D eigenvalue weighted by Gasteiger charge is 2.23. The van der Waals surface area contributed by atoms with E-state index < -0.39 is 10.0 Å². The number of amidine groups is 1. The first-order valence-electron chi connectivity index (χ1n) is 11.2. The smallest absolute Gasteiger partial charge is 0.243 e. The predicted molar refractivity (Wildman–Crippen MR) is 131 cm³/mol. The van der Waals surface area contributed by atoms with Crippen LogP contribution in [0.25, 0.3) is 0 Å². The first-order chi connectivity index (χ1) is 15.8. The maximum Gasteiger partial charge on any atom is 0.243 e. The third-order valence-electron chi connectivity index (χ3n) is 5.30. The second-order valence-electron chi connectivity index (χ2n) is 7.91. The van der Waals surface area contributed by atoms with Crippen LogP contribution in [-0.4, -0.2) is 42.6 Å². The third-order valence-corrected chi connectivity index (χ3v) is 8.18. The summed E-state index contributed by atoms with van der Waals surface area (Å²) < 4.78 is 40.3. The maximum atomic E-state index is 13.1. The van der Waals surface area contributed by atoms with Crippen LogP contribution >= 0.6 is 11.8 Å². The van der Waals surface area contributed by atoms with Crippen LogP contribution in [-0.2, 0) is 21.2 Å². The summed E-state index contributed by atoms with van der Waals surface area (Å²) in [5.74, 6) is 0.270. The van der Waals surface area contributed by atoms with E-state index in [1.54, 1.807) is 36.4 Å². The predicted octanol–water partition coefficient (Wildman–Crippen LogP) is 4.53. The lowest BCUT2D eigenvalue weighted by atomic mass is 10.1. The molecule has 1 N–H and O–H groups in total. The van der Waals surface area contributed by atoms with Gasteiger partial charge < -0.3 is 5.32 Å². The largest absolute Gasteiger partial charge is 0.305 e. The van der Waals surface area contributed by atoms with Gasteiger partial charge in [-0.1, -0.05) is 49.9 Å². The van der Waals surface area contributed by atoms with Crippen LogP contribution < -0.4 is 5.32 Å². The lowest BCUT2D eigenvalue weighted by Gasteiger charge is -2.21. The summed E-state index contributed by atoms with van der Waals surface area (Å²) in [7, 11) is -3.50. The number of nitrogens with one attached hydrogen (secondary N) is 1. The van der Waals surface area contributed by atoms with Crippen LogP contribution in [0.1, 0.15) is 50.3 Å². The highest BCUT2D eigenvalue weighted by Crippen LogP contribution is 2.29. The minimum Gasteiger partial charge on any atom is -0.305 e. The van der Waals surface area contributed by atoms with Gasteiger partial charge >= 0.3 is 0 Å². The van der Waals surface area contributed by atoms with Gasteiger partial charge in [0.05, 0.1) is 10.9 Å². The van der Waals surface area contributed by atoms with Crippen molar-refractivity contribution in [3.05, 3.63) is 65.5 Å². The number of halogens is 1. The van der Waals surface area contributed by atoms with Gasteiger partial charge in [0.15, 0.2) is 5.17 Å². The number of amides is 1. The van der Waals surface area contributed by atoms with Crippen LogP contribution in [0.3, 0.4) is 0 Å². The number of rotatable bonds is 10. The molecule has 1 amide bonds. The van der Waals surface area contributed by atoms with Gasteiger partial charge in [-0.25, -0.2) is 12.8 Å². The molecule has 1 aliphatic heterocycles. The van der Waals surface area contributed by atoms with Crippen LogP contribution in [0.15, 0.2) is 58.4 Å². The van der Waals surface area contributed by atoms with Gasteiger partial charge in [-0.15, -0.1) is 0 Å². The molecular weight excluding hydrogens is 461 g/mol. The molecule has 0 radical (unpaired) electrons. The molecule has 0 saturated carbocycles. The first-order valence-corrected chi connectivity index (χ1v) is 13.6. The van der Waals surface area contributed by atoms with Gasteiger partial charge in [0.25, 0.3) is 0 Å². The number of aryl methyl sites for hydroxylation is 1. The van der Waals surface area contributed by atoms with E-state index in [0.717, 1.165) is 24.0 Å². The molecule has 1 heterocycles. The number of carbonyl (C=O) groups excluding carboxylic acids is 1. The van der Waals surface area contributed by atoms with Gasteiger partial charge in [0.1, 0.15) is 5.82 Å². The normalized spacial score (nSPS) is 16.1. The van der Waals surface area contributed by atoms with Gasteiger partial charge in [-0.05, 0) is 54.7 Å². The van der Waals surface area contributed by atoms with E-state index in [9.17, 15) is 17.6 Å². The standard InChI is InChI=1S/C24H30FN3O3S2/c1-3-15-28(16-4-2)33(30,31)21-12-5-18(6-13-21)7-14-23(29)27-24-26-22(17-32-24)19-8-10-20(25)11-9-19/h5-6,8-13,22H,3-4,7,14-17H2,1-2H3,(H,26,27,29). The zero-order valence-corrected chi connectivity index (χ0v) is 20.6. The molecule has 0 saturated heterocycles. The summed E-state index contributed by atoms with van der Waals surface area (Å²) in [5.41, 5.74) is 1.81. The Hall–Kier alpha value is -2.23. The first kappa shape index (κ1) is 25.4. The van der Waals surface area contributed by atoms with Crippen molar-refractivity contribution in [2.75, 3.05) is 18.8 Å². The van der Waals surface area contributed by atoms with Crippen molar-refractivity contribution >= 4 is 32.9 Å². The molecule has 178 valence electrons. The minimum atomic E-state index is -3.50. The number of nitrogens with zero attached hydrogens (tertiary/aromatic N) is 2. The average Bonchev–Trinajstić information content (AvgIpc) is 3.26. The van der Waals surface area contributed by atoms with E-state index >= 15 is 0 Å². The molecule has 2 aromatic rings. The molecule has 1 aliphatic rings. The summed E-state index contributed by atoms with van der Waals surface area (Å²) in [6.45, 7) is 4.93. The van der Waals surface area contributed by atoms with Crippen molar-refractivity contribution < 1.29 is 17.6 Å². The molecule has 2 aromatic carbocycles. The van der Waals surface area contributed by atoms with Crippen LogP contribution in [0.2, 0.25) is 0 Å². The highest BCUT2D eigenvalue weighted by atomic mass is 32.2. The van der Waals surface area contributed by atoms with Crippen molar-refractivity contribution in [2.24, 2.45) is 4.99 Å². The summed E-state index contributed by atoms with van der Waals surface area (Å²) in [5, 5.41) is 3.41. The zero-order valence-electron chi connectivity index (χ0n) is 19.0. The van der Waals surface area contributed by atoms with Crippen LogP contribution in [0.4, 0.5) is 4.39 Å². The number of thioether (sulfide) groups is 1. The third kappa shape index (κ3) is 6.88. The Labute approximate surface area is 199 Å². The molecule has 0 aliphatic carbocycles. The number of benzene rings is 2. The molecule has 0 spiro atoms. The summed E-state index contributed by atoms with van der Waals surface area (Å²) in [6, 6.07) is 12.9. The summed E-state index contributed by atoms with van der Waals surface area (Å²) in [4.78, 5) is 17.2. The Morgan fingerprint density at radius 1 is 1.09 bits per heavy atom. The van der Waals surface area contributed by atoms with E-state index in [2.05, 4.69) is 10.3 Å². The fraction of sp³-hybridized carbons (Fsp3) is 0.417. The lowest BCUT2D eigenvalue weighted by molar-refractivity contribution is -0.119. The quantitative estimate of drug-likeness (QED) is 0.530.